The standard InChI is InChI=1S/C8H3Br3N2O5/c9-8(10,11)7(14)5-2-1-4(12(15)16)3-6(5)13(17)18/h1-3H. The normalized spacial score (nSPS) is 11.1. The van der Waals surface area contributed by atoms with Crippen LogP contribution in [0.1, 0.15) is 10.4 Å². The van der Waals surface area contributed by atoms with Gasteiger partial charge in [-0.25, -0.2) is 0 Å². The molecular weight excluding hydrogens is 444 g/mol. The summed E-state index contributed by atoms with van der Waals surface area (Å²) in [6, 6.07) is 2.81. The molecule has 0 unspecified atom stereocenters. The summed E-state index contributed by atoms with van der Waals surface area (Å²) in [5, 5.41) is 21.3. The number of carbonyl (C=O) groups excluding carboxylic acids is 1. The van der Waals surface area contributed by atoms with Gasteiger partial charge in [0, 0.05) is 6.07 Å². The van der Waals surface area contributed by atoms with Crippen LogP contribution >= 0.6 is 47.8 Å². The molecule has 0 bridgehead atoms. The quantitative estimate of drug-likeness (QED) is 0.306. The van der Waals surface area contributed by atoms with Crippen LogP contribution in [0.3, 0.4) is 0 Å². The predicted octanol–water partition coefficient (Wildman–Crippen LogP) is 3.52. The molecule has 10 heteroatoms. The summed E-state index contributed by atoms with van der Waals surface area (Å²) in [6.07, 6.45) is 0. The molecule has 0 atom stereocenters. The number of nitro benzene ring substituents is 2. The van der Waals surface area contributed by atoms with Crippen molar-refractivity contribution in [2.24, 2.45) is 0 Å². The van der Waals surface area contributed by atoms with E-state index < -0.39 is 29.1 Å². The van der Waals surface area contributed by atoms with Crippen LogP contribution in [0, 0.1) is 20.2 Å². The summed E-state index contributed by atoms with van der Waals surface area (Å²) in [6.45, 7) is 0. The van der Waals surface area contributed by atoms with E-state index in [9.17, 15) is 25.0 Å². The number of rotatable bonds is 3. The number of nitrogens with zero attached hydrogens (tertiary/aromatic N) is 2. The lowest BCUT2D eigenvalue weighted by Crippen LogP contribution is -2.18. The van der Waals surface area contributed by atoms with Crippen molar-refractivity contribution in [2.45, 2.75) is 2.14 Å². The van der Waals surface area contributed by atoms with Gasteiger partial charge in [0.1, 0.15) is 0 Å². The number of halogens is 3. The second kappa shape index (κ2) is 5.41. The molecule has 0 aliphatic rings. The number of hydrogen-bond donors (Lipinski definition) is 0. The molecule has 18 heavy (non-hydrogen) atoms. The molecule has 0 radical (unpaired) electrons. The van der Waals surface area contributed by atoms with E-state index in [0.717, 1.165) is 18.2 Å². The van der Waals surface area contributed by atoms with E-state index in [-0.39, 0.29) is 5.56 Å². The summed E-state index contributed by atoms with van der Waals surface area (Å²) in [5.41, 5.74) is -1.34. The van der Waals surface area contributed by atoms with Crippen molar-refractivity contribution >= 4 is 64.9 Å². The van der Waals surface area contributed by atoms with E-state index >= 15 is 0 Å². The molecule has 1 rings (SSSR count). The Hall–Kier alpha value is -0.870. The highest BCUT2D eigenvalue weighted by atomic mass is 80.0. The highest BCUT2D eigenvalue weighted by Gasteiger charge is 2.35. The topological polar surface area (TPSA) is 103 Å². The SMILES string of the molecule is O=C(c1ccc([N+](=O)[O-])cc1[N+](=O)[O-])C(Br)(Br)Br. The number of Topliss-reactive ketones (excluding diaryl/α,β-unsaturated/α-hetero) is 1. The van der Waals surface area contributed by atoms with Crippen molar-refractivity contribution in [3.63, 3.8) is 0 Å². The Labute approximate surface area is 125 Å². The van der Waals surface area contributed by atoms with Crippen LogP contribution in [0.25, 0.3) is 0 Å². The Bertz CT molecular complexity index is 540. The number of ketones is 1. The zero-order valence-corrected chi connectivity index (χ0v) is 13.1. The maximum Gasteiger partial charge on any atom is 0.287 e. The summed E-state index contributed by atoms with van der Waals surface area (Å²) in [7, 11) is 0. The van der Waals surface area contributed by atoms with Gasteiger partial charge in [0.2, 0.25) is 5.78 Å². The fraction of sp³-hybridized carbons (Fsp3) is 0.125. The van der Waals surface area contributed by atoms with E-state index in [0.29, 0.717) is 0 Å². The van der Waals surface area contributed by atoms with E-state index in [4.69, 9.17) is 0 Å². The fourth-order valence-electron chi connectivity index (χ4n) is 1.13. The smallest absolute Gasteiger partial charge is 0.287 e. The number of nitro groups is 2. The minimum atomic E-state index is -1.35. The maximum absolute atomic E-state index is 11.9. The lowest BCUT2D eigenvalue weighted by molar-refractivity contribution is -0.394. The first-order valence-electron chi connectivity index (χ1n) is 4.19. The number of benzene rings is 1. The van der Waals surface area contributed by atoms with Gasteiger partial charge >= 0.3 is 0 Å². The van der Waals surface area contributed by atoms with E-state index in [1.807, 2.05) is 0 Å². The van der Waals surface area contributed by atoms with Gasteiger partial charge in [0.15, 0.2) is 2.14 Å². The van der Waals surface area contributed by atoms with Crippen LogP contribution in [0.5, 0.6) is 0 Å². The Kier molecular flexibility index (Phi) is 4.56. The third kappa shape index (κ3) is 3.33. The molecule has 0 spiro atoms. The van der Waals surface area contributed by atoms with Crippen molar-refractivity contribution in [3.8, 4) is 0 Å². The molecule has 0 N–H and O–H groups in total. The Morgan fingerprint density at radius 1 is 1.11 bits per heavy atom. The number of carbonyl (C=O) groups is 1. The molecule has 1 aromatic carbocycles. The second-order valence-electron chi connectivity index (χ2n) is 3.04. The summed E-state index contributed by atoms with van der Waals surface area (Å²) in [5.74, 6) is -0.677. The lowest BCUT2D eigenvalue weighted by atomic mass is 10.1. The van der Waals surface area contributed by atoms with E-state index in [2.05, 4.69) is 47.8 Å². The van der Waals surface area contributed by atoms with Gasteiger partial charge < -0.3 is 0 Å². The monoisotopic (exact) mass is 444 g/mol. The Morgan fingerprint density at radius 2 is 1.67 bits per heavy atom. The molecule has 0 aromatic heterocycles. The van der Waals surface area contributed by atoms with Crippen LogP contribution in [-0.4, -0.2) is 17.8 Å². The zero-order valence-electron chi connectivity index (χ0n) is 8.30. The Morgan fingerprint density at radius 3 is 2.06 bits per heavy atom. The molecule has 0 saturated carbocycles. The molecule has 0 saturated heterocycles. The van der Waals surface area contributed by atoms with Crippen molar-refractivity contribution in [1.82, 2.24) is 0 Å². The molecule has 7 nitrogen and oxygen atoms in total. The zero-order chi connectivity index (χ0) is 14.1. The minimum Gasteiger partial charge on any atom is -0.290 e. The summed E-state index contributed by atoms with van der Waals surface area (Å²) >= 11 is 8.82. The van der Waals surface area contributed by atoms with Crippen LogP contribution in [-0.2, 0) is 0 Å². The highest BCUT2D eigenvalue weighted by Crippen LogP contribution is 2.39. The number of hydrogen-bond acceptors (Lipinski definition) is 5. The number of non-ortho nitro benzene ring substituents is 1. The first-order chi connectivity index (χ1) is 8.14. The van der Waals surface area contributed by atoms with E-state index in [1.165, 1.54) is 0 Å². The van der Waals surface area contributed by atoms with Crippen LogP contribution < -0.4 is 0 Å². The third-order valence-corrected chi connectivity index (χ3v) is 2.97. The lowest BCUT2D eigenvalue weighted by Gasteiger charge is -2.10. The minimum absolute atomic E-state index is 0.253. The Balaban J connectivity index is 3.42. The van der Waals surface area contributed by atoms with Crippen molar-refractivity contribution < 1.29 is 14.6 Å². The number of alkyl halides is 3. The second-order valence-corrected chi connectivity index (χ2v) is 9.80. The maximum atomic E-state index is 11.9. The molecule has 0 aliphatic carbocycles. The molecule has 0 amide bonds. The van der Waals surface area contributed by atoms with Crippen LogP contribution in [0.15, 0.2) is 18.2 Å². The first-order valence-corrected chi connectivity index (χ1v) is 6.57. The fourth-order valence-corrected chi connectivity index (χ4v) is 1.77. The predicted molar refractivity (Wildman–Crippen MR) is 73.6 cm³/mol. The summed E-state index contributed by atoms with van der Waals surface area (Å²) < 4.78 is -1.35. The average molecular weight is 447 g/mol. The highest BCUT2D eigenvalue weighted by molar-refractivity contribution is 9.40. The third-order valence-electron chi connectivity index (χ3n) is 1.89. The molecule has 0 aliphatic heterocycles. The van der Waals surface area contributed by atoms with Crippen LogP contribution in [0.2, 0.25) is 0 Å². The van der Waals surface area contributed by atoms with Gasteiger partial charge in [-0.1, -0.05) is 47.8 Å². The van der Waals surface area contributed by atoms with Gasteiger partial charge in [-0.2, -0.15) is 0 Å². The summed E-state index contributed by atoms with van der Waals surface area (Å²) in [4.78, 5) is 31.6. The van der Waals surface area contributed by atoms with Gasteiger partial charge in [-0.15, -0.1) is 0 Å². The average Bonchev–Trinajstić information content (AvgIpc) is 2.25. The van der Waals surface area contributed by atoms with Crippen LogP contribution in [0.4, 0.5) is 11.4 Å². The first kappa shape index (κ1) is 15.2. The molecular formula is C8H3Br3N2O5. The van der Waals surface area contributed by atoms with Crippen molar-refractivity contribution in [1.29, 1.82) is 0 Å². The van der Waals surface area contributed by atoms with Gasteiger partial charge in [-0.05, 0) is 6.07 Å². The van der Waals surface area contributed by atoms with Crippen molar-refractivity contribution in [2.75, 3.05) is 0 Å². The molecule has 0 heterocycles. The van der Waals surface area contributed by atoms with Gasteiger partial charge in [-0.3, -0.25) is 25.0 Å². The molecule has 1 aromatic rings. The largest absolute Gasteiger partial charge is 0.290 e. The van der Waals surface area contributed by atoms with Gasteiger partial charge in [0.25, 0.3) is 11.4 Å². The molecule has 0 fully saturated rings. The van der Waals surface area contributed by atoms with Gasteiger partial charge in [0.05, 0.1) is 21.5 Å². The molecule has 96 valence electrons. The van der Waals surface area contributed by atoms with E-state index in [1.54, 1.807) is 0 Å². The van der Waals surface area contributed by atoms with Crippen molar-refractivity contribution in [3.05, 3.63) is 44.0 Å².